The van der Waals surface area contributed by atoms with Gasteiger partial charge < -0.3 is 14.6 Å². The molecule has 2 aromatic rings. The van der Waals surface area contributed by atoms with Gasteiger partial charge in [-0.15, -0.1) is 0 Å². The fraction of sp³-hybridized carbons (Fsp3) is 0.333. The number of hydrogen-bond donors (Lipinski definition) is 1. The van der Waals surface area contributed by atoms with Crippen LogP contribution in [0.25, 0.3) is 0 Å². The largest absolute Gasteiger partial charge is 0.491 e. The second-order valence-electron chi connectivity index (χ2n) is 4.83. The van der Waals surface area contributed by atoms with Crippen LogP contribution >= 0.6 is 0 Å². The van der Waals surface area contributed by atoms with Crippen LogP contribution < -0.4 is 4.74 Å². The minimum atomic E-state index is -0.604. The topological polar surface area (TPSA) is 38.7 Å². The molecule has 0 fully saturated rings. The van der Waals surface area contributed by atoms with Gasteiger partial charge in [-0.25, -0.2) is 0 Å². The van der Waals surface area contributed by atoms with Gasteiger partial charge in [-0.2, -0.15) is 0 Å². The van der Waals surface area contributed by atoms with Crippen LogP contribution in [0.2, 0.25) is 0 Å². The Morgan fingerprint density at radius 3 is 2.14 bits per heavy atom. The van der Waals surface area contributed by atoms with Crippen molar-refractivity contribution in [2.75, 3.05) is 13.2 Å². The van der Waals surface area contributed by atoms with E-state index in [1.807, 2.05) is 67.6 Å². The Morgan fingerprint density at radius 2 is 1.52 bits per heavy atom. The van der Waals surface area contributed by atoms with Gasteiger partial charge in [0, 0.05) is 0 Å². The highest BCUT2D eigenvalue weighted by molar-refractivity contribution is 5.21. The normalized spacial score (nSPS) is 13.6. The van der Waals surface area contributed by atoms with Crippen molar-refractivity contribution in [2.24, 2.45) is 0 Å². The molecule has 0 aliphatic rings. The molecule has 0 aliphatic carbocycles. The van der Waals surface area contributed by atoms with Gasteiger partial charge in [0.05, 0.1) is 12.7 Å². The summed E-state index contributed by atoms with van der Waals surface area (Å²) in [6.45, 7) is 2.94. The molecule has 112 valence electrons. The van der Waals surface area contributed by atoms with Crippen LogP contribution in [-0.2, 0) is 4.74 Å². The second kappa shape index (κ2) is 8.45. The van der Waals surface area contributed by atoms with E-state index in [1.54, 1.807) is 0 Å². The maximum Gasteiger partial charge on any atom is 0.119 e. The molecule has 2 unspecified atom stereocenters. The van der Waals surface area contributed by atoms with Crippen molar-refractivity contribution in [1.82, 2.24) is 0 Å². The summed E-state index contributed by atoms with van der Waals surface area (Å²) in [5, 5.41) is 10.3. The Morgan fingerprint density at radius 1 is 0.905 bits per heavy atom. The minimum Gasteiger partial charge on any atom is -0.491 e. The van der Waals surface area contributed by atoms with Crippen LogP contribution in [0.3, 0.4) is 0 Å². The zero-order chi connectivity index (χ0) is 14.9. The molecule has 2 rings (SSSR count). The molecule has 2 atom stereocenters. The number of para-hydroxylation sites is 1. The first-order chi connectivity index (χ1) is 10.3. The third-order valence-corrected chi connectivity index (χ3v) is 3.32. The van der Waals surface area contributed by atoms with Gasteiger partial charge in [0.15, 0.2) is 0 Å². The van der Waals surface area contributed by atoms with Crippen molar-refractivity contribution >= 4 is 0 Å². The molecule has 3 nitrogen and oxygen atoms in total. The Bertz CT molecular complexity index is 498. The summed E-state index contributed by atoms with van der Waals surface area (Å²) in [5.74, 6) is 0.831. The molecule has 0 aromatic heterocycles. The average Bonchev–Trinajstić information content (AvgIpc) is 2.56. The predicted octanol–water partition coefficient (Wildman–Crippen LogP) is 3.59. The lowest BCUT2D eigenvalue weighted by molar-refractivity contribution is -0.0481. The van der Waals surface area contributed by atoms with Crippen LogP contribution in [0.5, 0.6) is 5.75 Å². The molecule has 0 radical (unpaired) electrons. The molecule has 2 aromatic carbocycles. The number of aliphatic hydroxyl groups excluding tert-OH is 1. The fourth-order valence-corrected chi connectivity index (χ4v) is 2.17. The minimum absolute atomic E-state index is 0.216. The zero-order valence-electron chi connectivity index (χ0n) is 12.3. The zero-order valence-corrected chi connectivity index (χ0v) is 12.3. The summed E-state index contributed by atoms with van der Waals surface area (Å²) in [7, 11) is 0. The van der Waals surface area contributed by atoms with Crippen LogP contribution in [0, 0.1) is 0 Å². The van der Waals surface area contributed by atoms with Crippen molar-refractivity contribution in [3.8, 4) is 5.75 Å². The van der Waals surface area contributed by atoms with Gasteiger partial charge >= 0.3 is 0 Å². The van der Waals surface area contributed by atoms with Gasteiger partial charge in [0.25, 0.3) is 0 Å². The monoisotopic (exact) mass is 286 g/mol. The van der Waals surface area contributed by atoms with Crippen LogP contribution in [0.4, 0.5) is 0 Å². The van der Waals surface area contributed by atoms with E-state index in [0.717, 1.165) is 17.7 Å². The maximum atomic E-state index is 10.3. The summed E-state index contributed by atoms with van der Waals surface area (Å²) >= 11 is 0. The predicted molar refractivity (Wildman–Crippen MR) is 83.4 cm³/mol. The van der Waals surface area contributed by atoms with Gasteiger partial charge in [0.1, 0.15) is 18.5 Å². The quantitative estimate of drug-likeness (QED) is 0.754. The van der Waals surface area contributed by atoms with E-state index < -0.39 is 6.10 Å². The van der Waals surface area contributed by atoms with Crippen molar-refractivity contribution in [3.05, 3.63) is 66.2 Å². The smallest absolute Gasteiger partial charge is 0.119 e. The maximum absolute atomic E-state index is 10.3. The molecule has 0 amide bonds. The molecule has 21 heavy (non-hydrogen) atoms. The summed E-state index contributed by atoms with van der Waals surface area (Å²) in [6, 6.07) is 19.3. The number of hydrogen-bond acceptors (Lipinski definition) is 3. The molecule has 1 N–H and O–H groups in total. The van der Waals surface area contributed by atoms with Gasteiger partial charge in [-0.1, -0.05) is 55.5 Å². The van der Waals surface area contributed by atoms with Crippen LogP contribution in [0.15, 0.2) is 60.7 Å². The average molecular weight is 286 g/mol. The SMILES string of the molecule is CCC(OCCOc1ccccc1)C(O)c1ccccc1. The highest BCUT2D eigenvalue weighted by Crippen LogP contribution is 2.21. The van der Waals surface area contributed by atoms with E-state index in [9.17, 15) is 5.11 Å². The van der Waals surface area contributed by atoms with E-state index in [-0.39, 0.29) is 6.10 Å². The molecular formula is C18H22O3. The summed E-state index contributed by atoms with van der Waals surface area (Å²) in [6.07, 6.45) is -0.0683. The molecule has 0 heterocycles. The van der Waals surface area contributed by atoms with E-state index in [4.69, 9.17) is 9.47 Å². The van der Waals surface area contributed by atoms with Crippen molar-refractivity contribution in [2.45, 2.75) is 25.6 Å². The molecule has 0 spiro atoms. The molecule has 0 bridgehead atoms. The van der Waals surface area contributed by atoms with Crippen LogP contribution in [0.1, 0.15) is 25.0 Å². The first-order valence-corrected chi connectivity index (χ1v) is 7.33. The Kier molecular flexibility index (Phi) is 6.25. The third-order valence-electron chi connectivity index (χ3n) is 3.32. The Hall–Kier alpha value is -1.84. The first kappa shape index (κ1) is 15.5. The lowest BCUT2D eigenvalue weighted by Gasteiger charge is -2.22. The molecule has 3 heteroatoms. The standard InChI is InChI=1S/C18H22O3/c1-2-17(18(19)15-9-5-3-6-10-15)21-14-13-20-16-11-7-4-8-12-16/h3-12,17-19H,2,13-14H2,1H3. The summed E-state index contributed by atoms with van der Waals surface area (Å²) < 4.78 is 11.3. The molecule has 0 aliphatic heterocycles. The van der Waals surface area contributed by atoms with E-state index in [1.165, 1.54) is 0 Å². The van der Waals surface area contributed by atoms with E-state index >= 15 is 0 Å². The molecular weight excluding hydrogens is 264 g/mol. The van der Waals surface area contributed by atoms with Crippen molar-refractivity contribution < 1.29 is 14.6 Å². The molecule has 0 saturated heterocycles. The highest BCUT2D eigenvalue weighted by atomic mass is 16.5. The lowest BCUT2D eigenvalue weighted by atomic mass is 10.0. The van der Waals surface area contributed by atoms with Gasteiger partial charge in [-0.05, 0) is 24.1 Å². The number of aliphatic hydroxyl groups is 1. The Labute approximate surface area is 126 Å². The third kappa shape index (κ3) is 4.88. The summed E-state index contributed by atoms with van der Waals surface area (Å²) in [4.78, 5) is 0. The first-order valence-electron chi connectivity index (χ1n) is 7.33. The fourth-order valence-electron chi connectivity index (χ4n) is 2.17. The number of rotatable bonds is 8. The van der Waals surface area contributed by atoms with Crippen molar-refractivity contribution in [3.63, 3.8) is 0 Å². The number of benzene rings is 2. The van der Waals surface area contributed by atoms with E-state index in [2.05, 4.69) is 0 Å². The second-order valence-corrected chi connectivity index (χ2v) is 4.83. The van der Waals surface area contributed by atoms with Crippen molar-refractivity contribution in [1.29, 1.82) is 0 Å². The highest BCUT2D eigenvalue weighted by Gasteiger charge is 2.19. The summed E-state index contributed by atoms with van der Waals surface area (Å²) in [5.41, 5.74) is 0.883. The van der Waals surface area contributed by atoms with Gasteiger partial charge in [0.2, 0.25) is 0 Å². The molecule has 0 saturated carbocycles. The van der Waals surface area contributed by atoms with E-state index in [0.29, 0.717) is 13.2 Å². The lowest BCUT2D eigenvalue weighted by Crippen LogP contribution is -2.24. The van der Waals surface area contributed by atoms with Crippen LogP contribution in [-0.4, -0.2) is 24.4 Å². The Balaban J connectivity index is 1.77. The number of ether oxygens (including phenoxy) is 2. The van der Waals surface area contributed by atoms with Gasteiger partial charge in [-0.3, -0.25) is 0 Å².